The molecule has 3 rings (SSSR count). The summed E-state index contributed by atoms with van der Waals surface area (Å²) < 4.78 is 0. The van der Waals surface area contributed by atoms with Crippen molar-refractivity contribution in [1.29, 1.82) is 0 Å². The Morgan fingerprint density at radius 1 is 1.41 bits per heavy atom. The van der Waals surface area contributed by atoms with Crippen LogP contribution < -0.4 is 0 Å². The van der Waals surface area contributed by atoms with Crippen molar-refractivity contribution in [3.05, 3.63) is 33.8 Å². The zero-order valence-corrected chi connectivity index (χ0v) is 10.5. The van der Waals surface area contributed by atoms with Crippen LogP contribution in [0.5, 0.6) is 0 Å². The van der Waals surface area contributed by atoms with Crippen LogP contribution >= 0.6 is 23.2 Å². The fraction of sp³-hybridized carbons (Fsp3) is 0.417. The molecule has 1 heterocycles. The molecule has 1 amide bonds. The number of amides is 1. The Balaban J connectivity index is 1.91. The summed E-state index contributed by atoms with van der Waals surface area (Å²) in [6.07, 6.45) is 0.214. The Morgan fingerprint density at radius 2 is 2.18 bits per heavy atom. The summed E-state index contributed by atoms with van der Waals surface area (Å²) in [5.41, 5.74) is 1.10. The van der Waals surface area contributed by atoms with Crippen molar-refractivity contribution in [2.24, 2.45) is 5.92 Å². The quantitative estimate of drug-likeness (QED) is 0.852. The lowest BCUT2D eigenvalue weighted by Gasteiger charge is -2.18. The molecule has 3 nitrogen and oxygen atoms in total. The number of nitrogens with zero attached hydrogens (tertiary/aromatic N) is 1. The maximum Gasteiger partial charge on any atom is 0.407 e. The summed E-state index contributed by atoms with van der Waals surface area (Å²) >= 11 is 11.9. The average Bonchev–Trinajstić information content (AvgIpc) is 2.85. The Bertz CT molecular complexity index is 505. The summed E-state index contributed by atoms with van der Waals surface area (Å²) in [7, 11) is 0. The Morgan fingerprint density at radius 3 is 2.76 bits per heavy atom. The number of likely N-dealkylation sites (tertiary alicyclic amines) is 1. The SMILES string of the molecule is O=C(O)N1CC2C[C@@]2(c2ccc(Cl)c(Cl)c2)C1. The van der Waals surface area contributed by atoms with E-state index in [0.29, 0.717) is 29.1 Å². The van der Waals surface area contributed by atoms with Gasteiger partial charge in [0, 0.05) is 18.5 Å². The molecular formula is C12H11Cl2NO2. The molecule has 0 radical (unpaired) electrons. The maximum absolute atomic E-state index is 10.9. The van der Waals surface area contributed by atoms with Gasteiger partial charge < -0.3 is 10.0 Å². The number of rotatable bonds is 1. The van der Waals surface area contributed by atoms with E-state index in [1.165, 1.54) is 4.90 Å². The van der Waals surface area contributed by atoms with Crippen molar-refractivity contribution in [2.75, 3.05) is 13.1 Å². The second-order valence-electron chi connectivity index (χ2n) is 4.85. The molecule has 2 aliphatic rings. The van der Waals surface area contributed by atoms with Crippen molar-refractivity contribution in [2.45, 2.75) is 11.8 Å². The fourth-order valence-corrected chi connectivity index (χ4v) is 3.18. The second-order valence-corrected chi connectivity index (χ2v) is 5.66. The second kappa shape index (κ2) is 3.53. The summed E-state index contributed by atoms with van der Waals surface area (Å²) in [6, 6.07) is 5.61. The van der Waals surface area contributed by atoms with Crippen LogP contribution in [0.2, 0.25) is 10.0 Å². The summed E-state index contributed by atoms with van der Waals surface area (Å²) in [5.74, 6) is 0.441. The Labute approximate surface area is 109 Å². The molecule has 90 valence electrons. The molecule has 1 N–H and O–H groups in total. The van der Waals surface area contributed by atoms with Crippen LogP contribution in [0.15, 0.2) is 18.2 Å². The van der Waals surface area contributed by atoms with Gasteiger partial charge in [0.15, 0.2) is 0 Å². The third-order valence-corrected chi connectivity index (χ3v) is 4.65. The largest absolute Gasteiger partial charge is 0.465 e. The molecule has 5 heteroatoms. The highest BCUT2D eigenvalue weighted by Crippen LogP contribution is 2.59. The van der Waals surface area contributed by atoms with Gasteiger partial charge in [0.2, 0.25) is 0 Å². The van der Waals surface area contributed by atoms with Crippen molar-refractivity contribution in [1.82, 2.24) is 4.90 Å². The molecule has 0 spiro atoms. The molecule has 2 atom stereocenters. The number of piperidine rings is 1. The standard InChI is InChI=1S/C12H11Cl2NO2/c13-9-2-1-7(3-10(9)14)12-4-8(12)5-15(6-12)11(16)17/h1-3,8H,4-6H2,(H,16,17)/t8?,12-/m0/s1. The molecule has 1 aromatic rings. The van der Waals surface area contributed by atoms with Crippen molar-refractivity contribution in [3.63, 3.8) is 0 Å². The highest BCUT2D eigenvalue weighted by atomic mass is 35.5. The predicted octanol–water partition coefficient (Wildman–Crippen LogP) is 3.24. The predicted molar refractivity (Wildman–Crippen MR) is 65.8 cm³/mol. The average molecular weight is 272 g/mol. The van der Waals surface area contributed by atoms with E-state index in [4.69, 9.17) is 28.3 Å². The number of fused-ring (bicyclic) bond motifs is 1. The van der Waals surface area contributed by atoms with Crippen LogP contribution in [0, 0.1) is 5.92 Å². The number of hydrogen-bond donors (Lipinski definition) is 1. The smallest absolute Gasteiger partial charge is 0.407 e. The van der Waals surface area contributed by atoms with Gasteiger partial charge in [0.05, 0.1) is 10.0 Å². The first kappa shape index (κ1) is 11.2. The number of carboxylic acid groups (broad SMARTS) is 1. The van der Waals surface area contributed by atoms with Gasteiger partial charge in [-0.15, -0.1) is 0 Å². The van der Waals surface area contributed by atoms with E-state index in [-0.39, 0.29) is 5.41 Å². The van der Waals surface area contributed by atoms with Gasteiger partial charge in [-0.1, -0.05) is 29.3 Å². The van der Waals surface area contributed by atoms with Crippen molar-refractivity contribution >= 4 is 29.3 Å². The summed E-state index contributed by atoms with van der Waals surface area (Å²) in [5, 5.41) is 10.1. The van der Waals surface area contributed by atoms with Crippen LogP contribution in [-0.4, -0.2) is 29.2 Å². The Kier molecular flexibility index (Phi) is 2.32. The van der Waals surface area contributed by atoms with E-state index < -0.39 is 6.09 Å². The van der Waals surface area contributed by atoms with Gasteiger partial charge in [-0.2, -0.15) is 0 Å². The monoisotopic (exact) mass is 271 g/mol. The van der Waals surface area contributed by atoms with Crippen molar-refractivity contribution < 1.29 is 9.90 Å². The molecule has 0 bridgehead atoms. The van der Waals surface area contributed by atoms with Gasteiger partial charge in [0.1, 0.15) is 0 Å². The van der Waals surface area contributed by atoms with Crippen LogP contribution in [0.3, 0.4) is 0 Å². The number of benzene rings is 1. The lowest BCUT2D eigenvalue weighted by atomic mass is 9.95. The van der Waals surface area contributed by atoms with E-state index in [1.54, 1.807) is 6.07 Å². The summed E-state index contributed by atoms with van der Waals surface area (Å²) in [4.78, 5) is 12.4. The first-order valence-electron chi connectivity index (χ1n) is 5.46. The van der Waals surface area contributed by atoms with Gasteiger partial charge in [0.25, 0.3) is 0 Å². The lowest BCUT2D eigenvalue weighted by molar-refractivity contribution is 0.150. The molecule has 1 aromatic carbocycles. The molecule has 17 heavy (non-hydrogen) atoms. The van der Waals surface area contributed by atoms with Crippen LogP contribution in [0.1, 0.15) is 12.0 Å². The van der Waals surface area contributed by atoms with E-state index in [9.17, 15) is 4.79 Å². The molecule has 1 aliphatic heterocycles. The molecular weight excluding hydrogens is 261 g/mol. The lowest BCUT2D eigenvalue weighted by Crippen LogP contribution is -2.31. The molecule has 0 aromatic heterocycles. The first-order valence-corrected chi connectivity index (χ1v) is 6.22. The van der Waals surface area contributed by atoms with E-state index in [0.717, 1.165) is 12.0 Å². The topological polar surface area (TPSA) is 40.5 Å². The maximum atomic E-state index is 10.9. The van der Waals surface area contributed by atoms with Crippen LogP contribution in [0.25, 0.3) is 0 Å². The minimum absolute atomic E-state index is 0.00732. The molecule has 2 fully saturated rings. The molecule has 1 saturated carbocycles. The number of halogens is 2. The third-order valence-electron chi connectivity index (χ3n) is 3.91. The highest BCUT2D eigenvalue weighted by molar-refractivity contribution is 6.42. The fourth-order valence-electron chi connectivity index (χ4n) is 2.88. The molecule has 1 saturated heterocycles. The zero-order chi connectivity index (χ0) is 12.2. The van der Waals surface area contributed by atoms with E-state index in [2.05, 4.69) is 0 Å². The van der Waals surface area contributed by atoms with E-state index in [1.807, 2.05) is 12.1 Å². The summed E-state index contributed by atoms with van der Waals surface area (Å²) in [6.45, 7) is 1.21. The van der Waals surface area contributed by atoms with Crippen molar-refractivity contribution in [3.8, 4) is 0 Å². The molecule has 1 unspecified atom stereocenters. The van der Waals surface area contributed by atoms with E-state index >= 15 is 0 Å². The first-order chi connectivity index (χ1) is 8.03. The van der Waals surface area contributed by atoms with Gasteiger partial charge in [-0.25, -0.2) is 4.79 Å². The van der Waals surface area contributed by atoms with Gasteiger partial charge in [-0.05, 0) is 30.0 Å². The minimum Gasteiger partial charge on any atom is -0.465 e. The normalized spacial score (nSPS) is 30.2. The number of carbonyl (C=O) groups is 1. The Hall–Kier alpha value is -0.930. The highest BCUT2D eigenvalue weighted by Gasteiger charge is 2.61. The van der Waals surface area contributed by atoms with Crippen LogP contribution in [0.4, 0.5) is 4.79 Å². The van der Waals surface area contributed by atoms with Gasteiger partial charge in [-0.3, -0.25) is 0 Å². The number of hydrogen-bond acceptors (Lipinski definition) is 1. The minimum atomic E-state index is -0.836. The van der Waals surface area contributed by atoms with Crippen LogP contribution in [-0.2, 0) is 5.41 Å². The third kappa shape index (κ3) is 1.60. The van der Waals surface area contributed by atoms with Gasteiger partial charge >= 0.3 is 6.09 Å². The zero-order valence-electron chi connectivity index (χ0n) is 8.99. The molecule has 1 aliphatic carbocycles.